The third-order valence-electron chi connectivity index (χ3n) is 6.24. The molecule has 1 saturated carbocycles. The molecule has 0 radical (unpaired) electrons. The number of piperazine rings is 1. The predicted octanol–water partition coefficient (Wildman–Crippen LogP) is 1.29. The highest BCUT2D eigenvalue weighted by molar-refractivity contribution is 6.33. The van der Waals surface area contributed by atoms with E-state index in [0.29, 0.717) is 49.7 Å². The molecule has 0 unspecified atom stereocenters. The summed E-state index contributed by atoms with van der Waals surface area (Å²) in [6, 6.07) is 6.56. The summed E-state index contributed by atoms with van der Waals surface area (Å²) in [5, 5.41) is 6.06. The van der Waals surface area contributed by atoms with Crippen LogP contribution in [0.3, 0.4) is 0 Å². The van der Waals surface area contributed by atoms with E-state index in [1.807, 2.05) is 4.90 Å². The molecule has 3 fully saturated rings. The Balaban J connectivity index is 1.24. The molecule has 5 amide bonds. The standard InChI is InChI=1S/C21H26ClN5O4/c22-15-5-1-2-6-16(15)23-17(28)13-25-9-11-26(12-10-25)18(29)14-27-19(30)21(24-20(27)31)7-3-4-8-21/h1-2,5-6H,3-4,7-14H2,(H,23,28)(H,24,31). The number of rotatable bonds is 5. The molecule has 2 N–H and O–H groups in total. The van der Waals surface area contributed by atoms with E-state index in [0.717, 1.165) is 17.7 Å². The van der Waals surface area contributed by atoms with E-state index < -0.39 is 11.6 Å². The summed E-state index contributed by atoms with van der Waals surface area (Å²) >= 11 is 6.07. The second kappa shape index (κ2) is 8.84. The van der Waals surface area contributed by atoms with Crippen molar-refractivity contribution in [2.45, 2.75) is 31.2 Å². The number of hydrogen-bond acceptors (Lipinski definition) is 5. The molecule has 1 spiro atoms. The molecule has 9 nitrogen and oxygen atoms in total. The van der Waals surface area contributed by atoms with Gasteiger partial charge in [-0.25, -0.2) is 4.79 Å². The zero-order valence-electron chi connectivity index (χ0n) is 17.2. The van der Waals surface area contributed by atoms with Gasteiger partial charge in [-0.05, 0) is 25.0 Å². The van der Waals surface area contributed by atoms with Gasteiger partial charge in [0.05, 0.1) is 17.3 Å². The molecule has 3 aliphatic rings. The lowest BCUT2D eigenvalue weighted by atomic mass is 9.98. The van der Waals surface area contributed by atoms with Crippen molar-refractivity contribution < 1.29 is 19.2 Å². The fraction of sp³-hybridized carbons (Fsp3) is 0.524. The molecular weight excluding hydrogens is 422 g/mol. The van der Waals surface area contributed by atoms with Gasteiger partial charge in [-0.2, -0.15) is 0 Å². The fourth-order valence-corrected chi connectivity index (χ4v) is 4.67. The number of benzene rings is 1. The van der Waals surface area contributed by atoms with Crippen molar-refractivity contribution in [3.63, 3.8) is 0 Å². The molecule has 2 aliphatic heterocycles. The van der Waals surface area contributed by atoms with E-state index in [4.69, 9.17) is 11.6 Å². The lowest BCUT2D eigenvalue weighted by Crippen LogP contribution is -2.53. The van der Waals surface area contributed by atoms with Crippen LogP contribution in [0.2, 0.25) is 5.02 Å². The van der Waals surface area contributed by atoms with Crippen LogP contribution in [-0.4, -0.2) is 83.3 Å². The monoisotopic (exact) mass is 447 g/mol. The average Bonchev–Trinajstić information content (AvgIpc) is 3.31. The van der Waals surface area contributed by atoms with Gasteiger partial charge in [-0.3, -0.25) is 24.2 Å². The van der Waals surface area contributed by atoms with Gasteiger partial charge in [0.25, 0.3) is 5.91 Å². The summed E-state index contributed by atoms with van der Waals surface area (Å²) < 4.78 is 0. The summed E-state index contributed by atoms with van der Waals surface area (Å²) in [4.78, 5) is 54.6. The first-order chi connectivity index (χ1) is 14.9. The molecule has 0 aromatic heterocycles. The number of imide groups is 1. The zero-order valence-corrected chi connectivity index (χ0v) is 18.0. The van der Waals surface area contributed by atoms with E-state index in [9.17, 15) is 19.2 Å². The maximum absolute atomic E-state index is 12.7. The SMILES string of the molecule is O=C(CN1CCN(C(=O)CN2C(=O)NC3(CCCC3)C2=O)CC1)Nc1ccccc1Cl. The first-order valence-electron chi connectivity index (χ1n) is 10.6. The number of halogens is 1. The number of urea groups is 1. The Bertz CT molecular complexity index is 894. The topological polar surface area (TPSA) is 102 Å². The molecule has 1 aromatic carbocycles. The summed E-state index contributed by atoms with van der Waals surface area (Å²) in [7, 11) is 0. The summed E-state index contributed by atoms with van der Waals surface area (Å²) in [6.45, 7) is 1.90. The molecule has 0 atom stereocenters. The Labute approximate surface area is 185 Å². The number of amides is 5. The van der Waals surface area contributed by atoms with Crippen molar-refractivity contribution in [3.8, 4) is 0 Å². The molecule has 166 valence electrons. The van der Waals surface area contributed by atoms with Crippen LogP contribution in [0, 0.1) is 0 Å². The largest absolute Gasteiger partial charge is 0.339 e. The third kappa shape index (κ3) is 4.52. The summed E-state index contributed by atoms with van der Waals surface area (Å²) in [6.07, 6.45) is 3.08. The van der Waals surface area contributed by atoms with Crippen LogP contribution in [0.1, 0.15) is 25.7 Å². The number of carbonyl (C=O) groups excluding carboxylic acids is 4. The van der Waals surface area contributed by atoms with Gasteiger partial charge in [0.15, 0.2) is 0 Å². The van der Waals surface area contributed by atoms with Crippen LogP contribution < -0.4 is 10.6 Å². The smallest absolute Gasteiger partial charge is 0.325 e. The first kappa shape index (κ1) is 21.6. The molecule has 1 aliphatic carbocycles. The molecule has 0 bridgehead atoms. The Kier molecular flexibility index (Phi) is 6.15. The number of hydrogen-bond donors (Lipinski definition) is 2. The van der Waals surface area contributed by atoms with Gasteiger partial charge in [0, 0.05) is 26.2 Å². The quantitative estimate of drug-likeness (QED) is 0.662. The maximum Gasteiger partial charge on any atom is 0.325 e. The van der Waals surface area contributed by atoms with Gasteiger partial charge in [-0.15, -0.1) is 0 Å². The first-order valence-corrected chi connectivity index (χ1v) is 10.9. The van der Waals surface area contributed by atoms with Crippen molar-refractivity contribution in [1.82, 2.24) is 20.0 Å². The van der Waals surface area contributed by atoms with Crippen molar-refractivity contribution in [3.05, 3.63) is 29.3 Å². The van der Waals surface area contributed by atoms with Gasteiger partial charge in [0.2, 0.25) is 11.8 Å². The van der Waals surface area contributed by atoms with Gasteiger partial charge < -0.3 is 15.5 Å². The normalized spacial score (nSPS) is 20.9. The Hall–Kier alpha value is -2.65. The molecule has 4 rings (SSSR count). The minimum absolute atomic E-state index is 0.172. The van der Waals surface area contributed by atoms with E-state index in [1.165, 1.54) is 0 Å². The zero-order chi connectivity index (χ0) is 22.0. The molecule has 2 saturated heterocycles. The summed E-state index contributed by atoms with van der Waals surface area (Å²) in [5.41, 5.74) is -0.234. The minimum atomic E-state index is -0.801. The number of carbonyl (C=O) groups is 4. The highest BCUT2D eigenvalue weighted by atomic mass is 35.5. The number of nitrogens with zero attached hydrogens (tertiary/aromatic N) is 3. The second-order valence-corrected chi connectivity index (χ2v) is 8.70. The maximum atomic E-state index is 12.7. The van der Waals surface area contributed by atoms with Crippen LogP contribution >= 0.6 is 11.6 Å². The second-order valence-electron chi connectivity index (χ2n) is 8.30. The lowest BCUT2D eigenvalue weighted by Gasteiger charge is -2.34. The van der Waals surface area contributed by atoms with E-state index in [-0.39, 0.29) is 30.8 Å². The molecule has 31 heavy (non-hydrogen) atoms. The molecule has 10 heteroatoms. The molecule has 1 aromatic rings. The van der Waals surface area contributed by atoms with Crippen molar-refractivity contribution in [2.24, 2.45) is 0 Å². The van der Waals surface area contributed by atoms with Gasteiger partial charge in [0.1, 0.15) is 12.1 Å². The Morgan fingerprint density at radius 1 is 1.03 bits per heavy atom. The van der Waals surface area contributed by atoms with E-state index in [1.54, 1.807) is 29.2 Å². The van der Waals surface area contributed by atoms with Crippen LogP contribution in [0.15, 0.2) is 24.3 Å². The number of nitrogens with one attached hydrogen (secondary N) is 2. The molecule has 2 heterocycles. The van der Waals surface area contributed by atoms with Crippen molar-refractivity contribution in [2.75, 3.05) is 44.6 Å². The van der Waals surface area contributed by atoms with Crippen molar-refractivity contribution >= 4 is 41.0 Å². The van der Waals surface area contributed by atoms with E-state index >= 15 is 0 Å². The highest BCUT2D eigenvalue weighted by Crippen LogP contribution is 2.35. The average molecular weight is 448 g/mol. The van der Waals surface area contributed by atoms with Crippen molar-refractivity contribution in [1.29, 1.82) is 0 Å². The van der Waals surface area contributed by atoms with E-state index in [2.05, 4.69) is 10.6 Å². The predicted molar refractivity (Wildman–Crippen MR) is 115 cm³/mol. The van der Waals surface area contributed by atoms with Crippen LogP contribution in [0.4, 0.5) is 10.5 Å². The van der Waals surface area contributed by atoms with Crippen LogP contribution in [0.25, 0.3) is 0 Å². The number of anilines is 1. The fourth-order valence-electron chi connectivity index (χ4n) is 4.48. The van der Waals surface area contributed by atoms with Gasteiger partial charge >= 0.3 is 6.03 Å². The summed E-state index contributed by atoms with van der Waals surface area (Å²) in [5.74, 6) is -0.703. The van der Waals surface area contributed by atoms with Crippen LogP contribution in [-0.2, 0) is 14.4 Å². The Morgan fingerprint density at radius 2 is 1.71 bits per heavy atom. The third-order valence-corrected chi connectivity index (χ3v) is 6.57. The van der Waals surface area contributed by atoms with Crippen LogP contribution in [0.5, 0.6) is 0 Å². The highest BCUT2D eigenvalue weighted by Gasteiger charge is 2.52. The molecular formula is C21H26ClN5O4. The lowest BCUT2D eigenvalue weighted by molar-refractivity contribution is -0.140. The number of para-hydroxylation sites is 1. The minimum Gasteiger partial charge on any atom is -0.339 e. The van der Waals surface area contributed by atoms with Gasteiger partial charge in [-0.1, -0.05) is 36.6 Å². The Morgan fingerprint density at radius 3 is 2.39 bits per heavy atom.